The van der Waals surface area contributed by atoms with Crippen molar-refractivity contribution in [2.75, 3.05) is 6.61 Å². The van der Waals surface area contributed by atoms with Crippen molar-refractivity contribution in [2.24, 2.45) is 0 Å². The topological polar surface area (TPSA) is 39.4 Å². The molecule has 0 amide bonds. The second-order valence-electron chi connectivity index (χ2n) is 4.44. The molecule has 2 aromatic carbocycles. The summed E-state index contributed by atoms with van der Waals surface area (Å²) in [4.78, 5) is 12.6. The van der Waals surface area contributed by atoms with E-state index in [2.05, 4.69) is 0 Å². The lowest BCUT2D eigenvalue weighted by molar-refractivity contribution is 0.103. The molecule has 3 rings (SSSR count). The van der Waals surface area contributed by atoms with Gasteiger partial charge in [-0.25, -0.2) is 0 Å². The Morgan fingerprint density at radius 2 is 2.00 bits per heavy atom. The minimum Gasteiger partial charge on any atom is -0.494 e. The fourth-order valence-corrected chi connectivity index (χ4v) is 2.20. The molecule has 1 heterocycles. The Balaban J connectivity index is 2.02. The zero-order chi connectivity index (χ0) is 13.9. The van der Waals surface area contributed by atoms with Crippen LogP contribution in [0.25, 0.3) is 11.0 Å². The highest BCUT2D eigenvalue weighted by molar-refractivity contribution is 6.15. The summed E-state index contributed by atoms with van der Waals surface area (Å²) < 4.78 is 10.8. The molecule has 3 aromatic rings. The van der Waals surface area contributed by atoms with E-state index in [1.54, 1.807) is 12.1 Å². The summed E-state index contributed by atoms with van der Waals surface area (Å²) in [6, 6.07) is 14.7. The van der Waals surface area contributed by atoms with Crippen LogP contribution in [0.4, 0.5) is 0 Å². The molecule has 0 radical (unpaired) electrons. The maximum absolute atomic E-state index is 12.6. The maximum atomic E-state index is 12.6. The van der Waals surface area contributed by atoms with Gasteiger partial charge in [0.15, 0.2) is 5.78 Å². The van der Waals surface area contributed by atoms with Gasteiger partial charge in [-0.15, -0.1) is 0 Å². The van der Waals surface area contributed by atoms with E-state index in [9.17, 15) is 4.79 Å². The molecule has 20 heavy (non-hydrogen) atoms. The predicted molar refractivity (Wildman–Crippen MR) is 77.3 cm³/mol. The van der Waals surface area contributed by atoms with E-state index >= 15 is 0 Å². The zero-order valence-electron chi connectivity index (χ0n) is 11.1. The summed E-state index contributed by atoms with van der Waals surface area (Å²) in [6.07, 6.45) is 1.51. The van der Waals surface area contributed by atoms with Crippen LogP contribution in [-0.4, -0.2) is 12.4 Å². The minimum absolute atomic E-state index is 0.0588. The molecule has 0 aliphatic rings. The first-order chi connectivity index (χ1) is 9.79. The molecule has 0 atom stereocenters. The minimum atomic E-state index is -0.0588. The lowest BCUT2D eigenvalue weighted by atomic mass is 10.0. The molecular formula is C17H14O3. The van der Waals surface area contributed by atoms with Crippen molar-refractivity contribution >= 4 is 16.8 Å². The van der Waals surface area contributed by atoms with E-state index in [4.69, 9.17) is 9.15 Å². The van der Waals surface area contributed by atoms with Gasteiger partial charge in [0.1, 0.15) is 17.6 Å². The molecule has 0 bridgehead atoms. The van der Waals surface area contributed by atoms with Gasteiger partial charge in [-0.3, -0.25) is 4.79 Å². The molecule has 0 unspecified atom stereocenters. The maximum Gasteiger partial charge on any atom is 0.197 e. The zero-order valence-corrected chi connectivity index (χ0v) is 11.1. The molecule has 0 N–H and O–H groups in total. The second-order valence-corrected chi connectivity index (χ2v) is 4.44. The van der Waals surface area contributed by atoms with Crippen molar-refractivity contribution < 1.29 is 13.9 Å². The Hall–Kier alpha value is -2.55. The summed E-state index contributed by atoms with van der Waals surface area (Å²) >= 11 is 0. The van der Waals surface area contributed by atoms with Crippen LogP contribution in [-0.2, 0) is 0 Å². The second kappa shape index (κ2) is 5.21. The standard InChI is InChI=1S/C17H14O3/c1-2-19-13-7-5-6-12(10-13)17(18)15-11-20-16-9-4-3-8-14(15)16/h3-11H,2H2,1H3. The molecule has 100 valence electrons. The summed E-state index contributed by atoms with van der Waals surface area (Å²) in [7, 11) is 0. The normalized spacial score (nSPS) is 10.7. The first-order valence-corrected chi connectivity index (χ1v) is 6.53. The van der Waals surface area contributed by atoms with Gasteiger partial charge in [-0.1, -0.05) is 30.3 Å². The fourth-order valence-electron chi connectivity index (χ4n) is 2.20. The lowest BCUT2D eigenvalue weighted by Gasteiger charge is -2.04. The van der Waals surface area contributed by atoms with Crippen molar-refractivity contribution in [3.8, 4) is 5.75 Å². The number of carbonyl (C=O) groups is 1. The summed E-state index contributed by atoms with van der Waals surface area (Å²) in [6.45, 7) is 2.49. The SMILES string of the molecule is CCOc1cccc(C(=O)c2coc3ccccc23)c1. The Morgan fingerprint density at radius 1 is 1.15 bits per heavy atom. The lowest BCUT2D eigenvalue weighted by Crippen LogP contribution is -2.01. The Morgan fingerprint density at radius 3 is 2.85 bits per heavy atom. The smallest absolute Gasteiger partial charge is 0.197 e. The number of fused-ring (bicyclic) bond motifs is 1. The Kier molecular flexibility index (Phi) is 3.25. The van der Waals surface area contributed by atoms with Crippen molar-refractivity contribution in [2.45, 2.75) is 6.92 Å². The molecule has 3 nitrogen and oxygen atoms in total. The number of ether oxygens (including phenoxy) is 1. The highest BCUT2D eigenvalue weighted by atomic mass is 16.5. The molecule has 0 saturated carbocycles. The first kappa shape index (κ1) is 12.5. The van der Waals surface area contributed by atoms with E-state index in [0.717, 1.165) is 11.0 Å². The fraction of sp³-hybridized carbons (Fsp3) is 0.118. The van der Waals surface area contributed by atoms with Crippen molar-refractivity contribution in [1.29, 1.82) is 0 Å². The number of carbonyl (C=O) groups excluding carboxylic acids is 1. The largest absolute Gasteiger partial charge is 0.494 e. The number of rotatable bonds is 4. The summed E-state index contributed by atoms with van der Waals surface area (Å²) in [5.41, 5.74) is 1.90. The highest BCUT2D eigenvalue weighted by Crippen LogP contribution is 2.24. The number of benzene rings is 2. The van der Waals surface area contributed by atoms with E-state index in [0.29, 0.717) is 23.5 Å². The quantitative estimate of drug-likeness (QED) is 0.668. The van der Waals surface area contributed by atoms with Crippen LogP contribution >= 0.6 is 0 Å². The average molecular weight is 266 g/mol. The van der Waals surface area contributed by atoms with Gasteiger partial charge < -0.3 is 9.15 Å². The molecule has 1 aromatic heterocycles. The Bertz CT molecular complexity index is 756. The van der Waals surface area contributed by atoms with Crippen LogP contribution in [0.15, 0.2) is 59.2 Å². The van der Waals surface area contributed by atoms with Crippen LogP contribution in [0.2, 0.25) is 0 Å². The van der Waals surface area contributed by atoms with Gasteiger partial charge in [0.05, 0.1) is 12.2 Å². The van der Waals surface area contributed by atoms with E-state index in [1.807, 2.05) is 43.3 Å². The number of hydrogen-bond acceptors (Lipinski definition) is 3. The summed E-state index contributed by atoms with van der Waals surface area (Å²) in [5.74, 6) is 0.641. The van der Waals surface area contributed by atoms with E-state index in [-0.39, 0.29) is 5.78 Å². The molecule has 0 spiro atoms. The molecule has 0 saturated heterocycles. The van der Waals surface area contributed by atoms with Gasteiger partial charge in [0.25, 0.3) is 0 Å². The Labute approximate surface area is 116 Å². The molecule has 3 heteroatoms. The van der Waals surface area contributed by atoms with Crippen molar-refractivity contribution in [3.05, 3.63) is 65.9 Å². The number of para-hydroxylation sites is 1. The highest BCUT2D eigenvalue weighted by Gasteiger charge is 2.15. The third kappa shape index (κ3) is 2.18. The van der Waals surface area contributed by atoms with E-state index in [1.165, 1.54) is 6.26 Å². The van der Waals surface area contributed by atoms with Gasteiger partial charge in [0, 0.05) is 10.9 Å². The summed E-state index contributed by atoms with van der Waals surface area (Å²) in [5, 5.41) is 0.833. The number of furan rings is 1. The first-order valence-electron chi connectivity index (χ1n) is 6.53. The van der Waals surface area contributed by atoms with Crippen LogP contribution in [0.5, 0.6) is 5.75 Å². The van der Waals surface area contributed by atoms with Gasteiger partial charge in [0.2, 0.25) is 0 Å². The average Bonchev–Trinajstić information content (AvgIpc) is 2.91. The van der Waals surface area contributed by atoms with Gasteiger partial charge in [-0.05, 0) is 25.1 Å². The van der Waals surface area contributed by atoms with Crippen molar-refractivity contribution in [3.63, 3.8) is 0 Å². The third-order valence-corrected chi connectivity index (χ3v) is 3.13. The molecule has 0 fully saturated rings. The van der Waals surface area contributed by atoms with Crippen LogP contribution in [0.3, 0.4) is 0 Å². The van der Waals surface area contributed by atoms with Gasteiger partial charge >= 0.3 is 0 Å². The molecule has 0 aliphatic carbocycles. The van der Waals surface area contributed by atoms with Crippen LogP contribution in [0.1, 0.15) is 22.8 Å². The van der Waals surface area contributed by atoms with Crippen LogP contribution < -0.4 is 4.74 Å². The number of ketones is 1. The monoisotopic (exact) mass is 266 g/mol. The van der Waals surface area contributed by atoms with Crippen molar-refractivity contribution in [1.82, 2.24) is 0 Å². The molecule has 0 aliphatic heterocycles. The third-order valence-electron chi connectivity index (χ3n) is 3.13. The van der Waals surface area contributed by atoms with Gasteiger partial charge in [-0.2, -0.15) is 0 Å². The van der Waals surface area contributed by atoms with E-state index < -0.39 is 0 Å². The van der Waals surface area contributed by atoms with Crippen LogP contribution in [0, 0.1) is 0 Å². The number of hydrogen-bond donors (Lipinski definition) is 0. The molecular weight excluding hydrogens is 252 g/mol. The predicted octanol–water partition coefficient (Wildman–Crippen LogP) is 4.06.